The molecule has 0 aliphatic carbocycles. The van der Waals surface area contributed by atoms with E-state index in [1.807, 2.05) is 0 Å². The average Bonchev–Trinajstić information content (AvgIpc) is 2.34. The maximum Gasteiger partial charge on any atom is 0.288 e. The van der Waals surface area contributed by atoms with E-state index in [1.165, 1.54) is 30.0 Å². The van der Waals surface area contributed by atoms with Crippen LogP contribution in [0.4, 0.5) is 5.69 Å². The molecule has 0 unspecified atom stereocenters. The Morgan fingerprint density at radius 2 is 2.26 bits per heavy atom. The Balaban J connectivity index is 2.46. The van der Waals surface area contributed by atoms with Crippen LogP contribution in [0.2, 0.25) is 5.15 Å². The highest BCUT2D eigenvalue weighted by Gasteiger charge is 2.14. The highest BCUT2D eigenvalue weighted by molar-refractivity contribution is 6.30. The zero-order chi connectivity index (χ0) is 14.0. The summed E-state index contributed by atoms with van der Waals surface area (Å²) in [5.41, 5.74) is 0.551. The molecular weight excluding hydrogens is 270 g/mol. The quantitative estimate of drug-likeness (QED) is 0.490. The third-order valence-corrected chi connectivity index (χ3v) is 3.02. The van der Waals surface area contributed by atoms with Gasteiger partial charge in [0.25, 0.3) is 11.2 Å². The average molecular weight is 280 g/mol. The van der Waals surface area contributed by atoms with Gasteiger partial charge in [0.1, 0.15) is 5.15 Å². The van der Waals surface area contributed by atoms with Crippen molar-refractivity contribution in [3.63, 3.8) is 0 Å². The maximum absolute atomic E-state index is 11.8. The summed E-state index contributed by atoms with van der Waals surface area (Å²) in [6, 6.07) is 4.64. The molecule has 6 nitrogen and oxygen atoms in total. The minimum absolute atomic E-state index is 0.0976. The van der Waals surface area contributed by atoms with Gasteiger partial charge < -0.3 is 4.57 Å². The van der Waals surface area contributed by atoms with Gasteiger partial charge in [0.05, 0.1) is 17.7 Å². The minimum Gasteiger partial charge on any atom is -0.304 e. The Labute approximate surface area is 113 Å². The van der Waals surface area contributed by atoms with Gasteiger partial charge in [-0.2, -0.15) is 0 Å². The Bertz CT molecular complexity index is 697. The number of hydrogen-bond acceptors (Lipinski definition) is 4. The van der Waals surface area contributed by atoms with Gasteiger partial charge in [-0.15, -0.1) is 0 Å². The van der Waals surface area contributed by atoms with Gasteiger partial charge in [-0.1, -0.05) is 17.7 Å². The fourth-order valence-corrected chi connectivity index (χ4v) is 1.87. The van der Waals surface area contributed by atoms with E-state index in [9.17, 15) is 14.9 Å². The summed E-state index contributed by atoms with van der Waals surface area (Å²) in [5, 5.41) is 11.1. The lowest BCUT2D eigenvalue weighted by molar-refractivity contribution is -0.385. The Morgan fingerprint density at radius 1 is 1.53 bits per heavy atom. The molecule has 0 fully saturated rings. The van der Waals surface area contributed by atoms with Crippen molar-refractivity contribution in [1.82, 2.24) is 9.55 Å². The SMILES string of the molecule is Cc1cc(=O)n(Cc2cccnc2Cl)cc1[N+](=O)[O-]. The first-order valence-corrected chi connectivity index (χ1v) is 5.81. The van der Waals surface area contributed by atoms with Crippen molar-refractivity contribution in [1.29, 1.82) is 0 Å². The topological polar surface area (TPSA) is 78.0 Å². The molecule has 7 heteroatoms. The van der Waals surface area contributed by atoms with Gasteiger partial charge in [-0.3, -0.25) is 14.9 Å². The molecule has 0 N–H and O–H groups in total. The van der Waals surface area contributed by atoms with Crippen LogP contribution < -0.4 is 5.56 Å². The summed E-state index contributed by atoms with van der Waals surface area (Å²) in [7, 11) is 0. The lowest BCUT2D eigenvalue weighted by Crippen LogP contribution is -2.20. The van der Waals surface area contributed by atoms with Crippen molar-refractivity contribution in [3.8, 4) is 0 Å². The molecule has 0 saturated heterocycles. The van der Waals surface area contributed by atoms with Crippen molar-refractivity contribution in [2.45, 2.75) is 13.5 Å². The van der Waals surface area contributed by atoms with E-state index in [0.717, 1.165) is 0 Å². The molecule has 2 aromatic rings. The van der Waals surface area contributed by atoms with Gasteiger partial charge >= 0.3 is 0 Å². The number of nitro groups is 1. The van der Waals surface area contributed by atoms with Crippen molar-refractivity contribution in [2.24, 2.45) is 0 Å². The van der Waals surface area contributed by atoms with Gasteiger partial charge in [0.15, 0.2) is 0 Å². The van der Waals surface area contributed by atoms with E-state index in [4.69, 9.17) is 11.6 Å². The summed E-state index contributed by atoms with van der Waals surface area (Å²) < 4.78 is 1.24. The second-order valence-electron chi connectivity index (χ2n) is 4.02. The van der Waals surface area contributed by atoms with Crippen LogP contribution in [-0.2, 0) is 6.54 Å². The predicted octanol–water partition coefficient (Wildman–Crippen LogP) is 2.16. The molecule has 0 bridgehead atoms. The van der Waals surface area contributed by atoms with Crippen molar-refractivity contribution < 1.29 is 4.92 Å². The monoisotopic (exact) mass is 279 g/mol. The first kappa shape index (κ1) is 13.2. The number of nitrogens with zero attached hydrogens (tertiary/aromatic N) is 3. The lowest BCUT2D eigenvalue weighted by atomic mass is 10.2. The molecule has 0 spiro atoms. The van der Waals surface area contributed by atoms with Crippen LogP contribution in [0.15, 0.2) is 35.4 Å². The normalized spacial score (nSPS) is 10.4. The number of aromatic nitrogens is 2. The molecule has 2 aromatic heterocycles. The summed E-state index contributed by atoms with van der Waals surface area (Å²) in [6.45, 7) is 1.67. The number of aryl methyl sites for hydroxylation is 1. The van der Waals surface area contributed by atoms with E-state index in [1.54, 1.807) is 12.1 Å². The lowest BCUT2D eigenvalue weighted by Gasteiger charge is -2.07. The standard InChI is InChI=1S/C12H10ClN3O3/c1-8-5-11(17)15(7-10(8)16(18)19)6-9-3-2-4-14-12(9)13/h2-5,7H,6H2,1H3. The van der Waals surface area contributed by atoms with Crippen molar-refractivity contribution in [2.75, 3.05) is 0 Å². The molecule has 98 valence electrons. The highest BCUT2D eigenvalue weighted by Crippen LogP contribution is 2.16. The number of rotatable bonds is 3. The van der Waals surface area contributed by atoms with Gasteiger partial charge in [-0.05, 0) is 13.0 Å². The molecule has 19 heavy (non-hydrogen) atoms. The van der Waals surface area contributed by atoms with Crippen LogP contribution in [-0.4, -0.2) is 14.5 Å². The zero-order valence-electron chi connectivity index (χ0n) is 10.0. The van der Waals surface area contributed by atoms with Gasteiger partial charge in [-0.25, -0.2) is 4.98 Å². The molecule has 0 aromatic carbocycles. The van der Waals surface area contributed by atoms with Crippen LogP contribution in [0.1, 0.15) is 11.1 Å². The van der Waals surface area contributed by atoms with E-state index in [0.29, 0.717) is 11.1 Å². The maximum atomic E-state index is 11.8. The summed E-state index contributed by atoms with van der Waals surface area (Å²) in [4.78, 5) is 26.0. The molecule has 0 amide bonds. The van der Waals surface area contributed by atoms with E-state index in [-0.39, 0.29) is 22.9 Å². The van der Waals surface area contributed by atoms with Crippen LogP contribution >= 0.6 is 11.6 Å². The fraction of sp³-hybridized carbons (Fsp3) is 0.167. The molecule has 0 saturated carbocycles. The van der Waals surface area contributed by atoms with Gasteiger partial charge in [0, 0.05) is 23.4 Å². The van der Waals surface area contributed by atoms with Crippen LogP contribution in [0.25, 0.3) is 0 Å². The molecule has 2 rings (SSSR count). The molecule has 0 radical (unpaired) electrons. The second-order valence-corrected chi connectivity index (χ2v) is 4.38. The fourth-order valence-electron chi connectivity index (χ4n) is 1.69. The molecular formula is C12H10ClN3O3. The Kier molecular flexibility index (Phi) is 3.62. The van der Waals surface area contributed by atoms with Crippen molar-refractivity contribution in [3.05, 3.63) is 67.3 Å². The van der Waals surface area contributed by atoms with Crippen LogP contribution in [0.3, 0.4) is 0 Å². The van der Waals surface area contributed by atoms with E-state index < -0.39 is 4.92 Å². The van der Waals surface area contributed by atoms with Crippen LogP contribution in [0.5, 0.6) is 0 Å². The third kappa shape index (κ3) is 2.79. The highest BCUT2D eigenvalue weighted by atomic mass is 35.5. The molecule has 2 heterocycles. The molecule has 0 atom stereocenters. The molecule has 0 aliphatic rings. The smallest absolute Gasteiger partial charge is 0.288 e. The summed E-state index contributed by atoms with van der Waals surface area (Å²) in [5.74, 6) is 0. The van der Waals surface area contributed by atoms with Gasteiger partial charge in [0.2, 0.25) is 0 Å². The third-order valence-electron chi connectivity index (χ3n) is 2.68. The largest absolute Gasteiger partial charge is 0.304 e. The number of pyridine rings is 2. The van der Waals surface area contributed by atoms with E-state index in [2.05, 4.69) is 4.98 Å². The summed E-state index contributed by atoms with van der Waals surface area (Å²) >= 11 is 5.90. The molecule has 0 aliphatic heterocycles. The summed E-state index contributed by atoms with van der Waals surface area (Å²) in [6.07, 6.45) is 2.76. The van der Waals surface area contributed by atoms with Crippen molar-refractivity contribution >= 4 is 17.3 Å². The zero-order valence-corrected chi connectivity index (χ0v) is 10.8. The minimum atomic E-state index is -0.518. The second kappa shape index (κ2) is 5.19. The Hall–Kier alpha value is -2.21. The first-order chi connectivity index (χ1) is 8.99. The first-order valence-electron chi connectivity index (χ1n) is 5.44. The number of halogens is 1. The predicted molar refractivity (Wildman–Crippen MR) is 70.4 cm³/mol. The van der Waals surface area contributed by atoms with Crippen LogP contribution in [0, 0.1) is 17.0 Å². The Morgan fingerprint density at radius 3 is 2.89 bits per heavy atom. The van der Waals surface area contributed by atoms with E-state index >= 15 is 0 Å². The number of hydrogen-bond donors (Lipinski definition) is 0.